The predicted octanol–water partition coefficient (Wildman–Crippen LogP) is 2.37. The fraction of sp³-hybridized carbons (Fsp3) is 0.423. The maximum Gasteiger partial charge on any atom is 0.345 e. The maximum atomic E-state index is 12.9. The van der Waals surface area contributed by atoms with Gasteiger partial charge in [0.1, 0.15) is 5.58 Å². The summed E-state index contributed by atoms with van der Waals surface area (Å²) in [5.41, 5.74) is 4.58. The molecule has 0 atom stereocenters. The van der Waals surface area contributed by atoms with Crippen LogP contribution < -0.4 is 10.5 Å². The second kappa shape index (κ2) is 9.77. The summed E-state index contributed by atoms with van der Waals surface area (Å²) in [7, 11) is 0. The molecule has 0 bridgehead atoms. The third kappa shape index (κ3) is 4.67. The van der Waals surface area contributed by atoms with Crippen LogP contribution in [0.15, 0.2) is 45.9 Å². The molecule has 0 amide bonds. The van der Waals surface area contributed by atoms with Crippen LogP contribution in [-0.4, -0.2) is 74.9 Å². The first kappa shape index (κ1) is 23.5. The maximum absolute atomic E-state index is 12.9. The number of rotatable bonds is 7. The lowest BCUT2D eigenvalue weighted by atomic mass is 10.0. The van der Waals surface area contributed by atoms with E-state index >= 15 is 0 Å². The Kier molecular flexibility index (Phi) is 6.55. The summed E-state index contributed by atoms with van der Waals surface area (Å²) in [4.78, 5) is 26.4. The van der Waals surface area contributed by atoms with Gasteiger partial charge in [0.15, 0.2) is 5.65 Å². The van der Waals surface area contributed by atoms with Crippen LogP contribution in [0.25, 0.3) is 27.9 Å². The minimum atomic E-state index is -0.414. The number of benzene rings is 1. The molecule has 9 nitrogen and oxygen atoms in total. The van der Waals surface area contributed by atoms with Gasteiger partial charge in [-0.05, 0) is 44.9 Å². The molecule has 3 aromatic heterocycles. The molecule has 1 saturated heterocycles. The number of anilines is 1. The van der Waals surface area contributed by atoms with Gasteiger partial charge in [-0.1, -0.05) is 0 Å². The van der Waals surface area contributed by atoms with E-state index in [9.17, 15) is 15.0 Å². The quantitative estimate of drug-likeness (QED) is 0.391. The Morgan fingerprint density at radius 1 is 1.06 bits per heavy atom. The molecular formula is C26H31N5O4. The molecule has 1 aliphatic heterocycles. The molecule has 9 heteroatoms. The van der Waals surface area contributed by atoms with Gasteiger partial charge in [0, 0.05) is 61.8 Å². The summed E-state index contributed by atoms with van der Waals surface area (Å²) in [5, 5.41) is 19.5. The molecule has 184 valence electrons. The first-order chi connectivity index (χ1) is 17.0. The number of piperidine rings is 1. The molecule has 4 aromatic rings. The number of aliphatic hydroxyl groups excluding tert-OH is 2. The van der Waals surface area contributed by atoms with Gasteiger partial charge >= 0.3 is 5.63 Å². The van der Waals surface area contributed by atoms with Crippen molar-refractivity contribution < 1.29 is 14.6 Å². The number of fused-ring (bicyclic) bond motifs is 2. The SMILES string of the molecule is Cc1cn2cc(-c3cc4ccc(N5CCC(N(CCO)CCO)CC5)cc4oc3=O)nc2c(C)n1. The van der Waals surface area contributed by atoms with E-state index in [-0.39, 0.29) is 13.2 Å². The standard InChI is InChI=1S/C26H31N5O4/c1-17-15-31-16-23(28-25(31)18(2)27-17)22-13-19-3-4-21(14-24(19)35-26(22)34)29-7-5-20(6-8-29)30(9-11-32)10-12-33/h3-4,13-16,20,32-33H,5-12H2,1-2H3. The zero-order valence-electron chi connectivity index (χ0n) is 20.1. The van der Waals surface area contributed by atoms with Crippen molar-refractivity contribution in [2.75, 3.05) is 44.3 Å². The van der Waals surface area contributed by atoms with Crippen LogP contribution in [0.1, 0.15) is 24.2 Å². The van der Waals surface area contributed by atoms with E-state index < -0.39 is 5.63 Å². The van der Waals surface area contributed by atoms with E-state index in [1.54, 1.807) is 0 Å². The Morgan fingerprint density at radius 3 is 2.51 bits per heavy atom. The van der Waals surface area contributed by atoms with Crippen LogP contribution in [0.3, 0.4) is 0 Å². The van der Waals surface area contributed by atoms with Crippen molar-refractivity contribution in [3.63, 3.8) is 0 Å². The van der Waals surface area contributed by atoms with Crippen molar-refractivity contribution in [2.45, 2.75) is 32.7 Å². The number of hydrogen-bond acceptors (Lipinski definition) is 8. The summed E-state index contributed by atoms with van der Waals surface area (Å²) in [6, 6.07) is 8.17. The molecule has 4 heterocycles. The summed E-state index contributed by atoms with van der Waals surface area (Å²) >= 11 is 0. The lowest BCUT2D eigenvalue weighted by Gasteiger charge is -2.39. The normalized spacial score (nSPS) is 15.1. The van der Waals surface area contributed by atoms with E-state index in [0.717, 1.165) is 54.0 Å². The van der Waals surface area contributed by atoms with Crippen LogP contribution in [0.5, 0.6) is 0 Å². The van der Waals surface area contributed by atoms with Crippen molar-refractivity contribution in [3.05, 3.63) is 58.5 Å². The Hall–Kier alpha value is -3.27. The second-order valence-corrected chi connectivity index (χ2v) is 9.20. The monoisotopic (exact) mass is 477 g/mol. The van der Waals surface area contributed by atoms with Crippen LogP contribution in [0.4, 0.5) is 5.69 Å². The number of nitrogens with zero attached hydrogens (tertiary/aromatic N) is 5. The van der Waals surface area contributed by atoms with Crippen molar-refractivity contribution >= 4 is 22.3 Å². The highest BCUT2D eigenvalue weighted by Gasteiger charge is 2.24. The lowest BCUT2D eigenvalue weighted by molar-refractivity contribution is 0.108. The third-order valence-corrected chi connectivity index (χ3v) is 6.84. The molecule has 0 aliphatic carbocycles. The minimum Gasteiger partial charge on any atom is -0.422 e. The molecule has 0 saturated carbocycles. The molecule has 35 heavy (non-hydrogen) atoms. The lowest BCUT2D eigenvalue weighted by Crippen LogP contribution is -2.46. The van der Waals surface area contributed by atoms with Crippen LogP contribution >= 0.6 is 0 Å². The van der Waals surface area contributed by atoms with Crippen molar-refractivity contribution in [1.29, 1.82) is 0 Å². The summed E-state index contributed by atoms with van der Waals surface area (Å²) < 4.78 is 7.64. The van der Waals surface area contributed by atoms with Gasteiger partial charge < -0.3 is 23.9 Å². The summed E-state index contributed by atoms with van der Waals surface area (Å²) in [6.45, 7) is 6.90. The van der Waals surface area contributed by atoms with Gasteiger partial charge in [0.2, 0.25) is 0 Å². The second-order valence-electron chi connectivity index (χ2n) is 9.20. The van der Waals surface area contributed by atoms with Crippen molar-refractivity contribution in [2.24, 2.45) is 0 Å². The molecule has 1 aliphatic rings. The van der Waals surface area contributed by atoms with E-state index in [1.165, 1.54) is 0 Å². The minimum absolute atomic E-state index is 0.0943. The Balaban J connectivity index is 1.38. The molecule has 1 fully saturated rings. The smallest absolute Gasteiger partial charge is 0.345 e. The highest BCUT2D eigenvalue weighted by atomic mass is 16.4. The molecule has 2 N–H and O–H groups in total. The van der Waals surface area contributed by atoms with E-state index in [0.29, 0.717) is 36.0 Å². The molecule has 5 rings (SSSR count). The van der Waals surface area contributed by atoms with Crippen LogP contribution in [0, 0.1) is 13.8 Å². The molecule has 1 aromatic carbocycles. The first-order valence-electron chi connectivity index (χ1n) is 12.1. The Labute approximate surface area is 203 Å². The van der Waals surface area contributed by atoms with Crippen LogP contribution in [-0.2, 0) is 0 Å². The fourth-order valence-corrected chi connectivity index (χ4v) is 5.13. The van der Waals surface area contributed by atoms with E-state index in [2.05, 4.69) is 25.8 Å². The molecule has 0 spiro atoms. The van der Waals surface area contributed by atoms with Gasteiger partial charge in [-0.3, -0.25) is 9.88 Å². The van der Waals surface area contributed by atoms with Crippen molar-refractivity contribution in [1.82, 2.24) is 19.3 Å². The summed E-state index contributed by atoms with van der Waals surface area (Å²) in [6.07, 6.45) is 5.62. The van der Waals surface area contributed by atoms with Crippen molar-refractivity contribution in [3.8, 4) is 11.3 Å². The number of aromatic nitrogens is 3. The van der Waals surface area contributed by atoms with E-state index in [1.807, 2.05) is 48.8 Å². The Morgan fingerprint density at radius 2 is 1.80 bits per heavy atom. The van der Waals surface area contributed by atoms with E-state index in [4.69, 9.17) is 4.42 Å². The van der Waals surface area contributed by atoms with Gasteiger partial charge in [-0.15, -0.1) is 0 Å². The number of aryl methyl sites for hydroxylation is 2. The number of hydrogen-bond donors (Lipinski definition) is 2. The average molecular weight is 478 g/mol. The highest BCUT2D eigenvalue weighted by Crippen LogP contribution is 2.28. The third-order valence-electron chi connectivity index (χ3n) is 6.84. The topological polar surface area (TPSA) is 107 Å². The van der Waals surface area contributed by atoms with Gasteiger partial charge in [0.05, 0.1) is 35.9 Å². The van der Waals surface area contributed by atoms with Gasteiger partial charge in [-0.25, -0.2) is 9.78 Å². The Bertz CT molecular complexity index is 1400. The van der Waals surface area contributed by atoms with Gasteiger partial charge in [0.25, 0.3) is 0 Å². The largest absolute Gasteiger partial charge is 0.422 e. The predicted molar refractivity (Wildman–Crippen MR) is 135 cm³/mol. The van der Waals surface area contributed by atoms with Gasteiger partial charge in [-0.2, -0.15) is 0 Å². The highest BCUT2D eigenvalue weighted by molar-refractivity contribution is 5.84. The molecule has 0 unspecified atom stereocenters. The fourth-order valence-electron chi connectivity index (χ4n) is 5.13. The first-order valence-corrected chi connectivity index (χ1v) is 12.1. The average Bonchev–Trinajstić information content (AvgIpc) is 3.27. The summed E-state index contributed by atoms with van der Waals surface area (Å²) in [5.74, 6) is 0. The zero-order chi connectivity index (χ0) is 24.5. The van der Waals surface area contributed by atoms with Crippen LogP contribution in [0.2, 0.25) is 0 Å². The number of imidazole rings is 1. The molecule has 0 radical (unpaired) electrons. The molecular weight excluding hydrogens is 446 g/mol. The number of aliphatic hydroxyl groups is 2. The zero-order valence-corrected chi connectivity index (χ0v) is 20.1.